The van der Waals surface area contributed by atoms with Crippen molar-refractivity contribution in [3.05, 3.63) is 54.2 Å². The lowest BCUT2D eigenvalue weighted by atomic mass is 9.99. The summed E-state index contributed by atoms with van der Waals surface area (Å²) in [5.41, 5.74) is 7.91. The molecule has 0 saturated heterocycles. The van der Waals surface area contributed by atoms with Gasteiger partial charge in [-0.05, 0) is 31.2 Å². The van der Waals surface area contributed by atoms with E-state index in [1.54, 1.807) is 13.3 Å². The van der Waals surface area contributed by atoms with Crippen LogP contribution in [0.1, 0.15) is 24.4 Å². The Morgan fingerprint density at radius 3 is 2.77 bits per heavy atom. The van der Waals surface area contributed by atoms with Crippen molar-refractivity contribution in [1.82, 2.24) is 4.98 Å². The third-order valence-corrected chi connectivity index (χ3v) is 3.79. The fourth-order valence-corrected chi connectivity index (χ4v) is 2.77. The third-order valence-electron chi connectivity index (χ3n) is 3.79. The normalized spacial score (nSPS) is 17.5. The zero-order chi connectivity index (χ0) is 15.4. The molecule has 114 valence electrons. The lowest BCUT2D eigenvalue weighted by Gasteiger charge is -2.24. The first kappa shape index (κ1) is 14.5. The summed E-state index contributed by atoms with van der Waals surface area (Å²) in [4.78, 5) is 4.43. The van der Waals surface area contributed by atoms with Crippen molar-refractivity contribution in [2.24, 2.45) is 10.8 Å². The van der Waals surface area contributed by atoms with Gasteiger partial charge in [0.05, 0.1) is 13.2 Å². The van der Waals surface area contributed by atoms with Crippen LogP contribution in [0.25, 0.3) is 0 Å². The predicted octanol–water partition coefficient (Wildman–Crippen LogP) is 2.75. The van der Waals surface area contributed by atoms with Crippen molar-refractivity contribution < 1.29 is 4.74 Å². The molecule has 0 aliphatic carbocycles. The first-order valence-corrected chi connectivity index (χ1v) is 7.43. The number of para-hydroxylation sites is 1. The van der Waals surface area contributed by atoms with Crippen LogP contribution in [0.5, 0.6) is 5.75 Å². The number of hydrogen-bond donors (Lipinski definition) is 1. The van der Waals surface area contributed by atoms with Crippen LogP contribution < -0.4 is 15.5 Å². The van der Waals surface area contributed by atoms with Gasteiger partial charge in [-0.15, -0.1) is 0 Å². The Balaban J connectivity index is 1.99. The zero-order valence-corrected chi connectivity index (χ0v) is 12.6. The van der Waals surface area contributed by atoms with Crippen LogP contribution in [0.2, 0.25) is 0 Å². The van der Waals surface area contributed by atoms with E-state index in [0.29, 0.717) is 6.54 Å². The van der Waals surface area contributed by atoms with Gasteiger partial charge in [0.15, 0.2) is 0 Å². The second kappa shape index (κ2) is 6.58. The lowest BCUT2D eigenvalue weighted by molar-refractivity contribution is 0.405. The second-order valence-corrected chi connectivity index (χ2v) is 5.20. The van der Waals surface area contributed by atoms with Crippen LogP contribution in [0, 0.1) is 0 Å². The number of pyridine rings is 1. The van der Waals surface area contributed by atoms with Crippen molar-refractivity contribution in [3.8, 4) is 5.75 Å². The number of methoxy groups -OCH3 is 1. The van der Waals surface area contributed by atoms with E-state index in [2.05, 4.69) is 11.1 Å². The molecule has 0 spiro atoms. The zero-order valence-electron chi connectivity index (χ0n) is 12.6. The summed E-state index contributed by atoms with van der Waals surface area (Å²) in [6, 6.07) is 14.0. The van der Waals surface area contributed by atoms with Crippen molar-refractivity contribution in [1.29, 1.82) is 0 Å². The Labute approximate surface area is 130 Å². The highest BCUT2D eigenvalue weighted by Gasteiger charge is 2.31. The number of nitrogens with two attached hydrogens (primary N) is 1. The molecule has 1 unspecified atom stereocenters. The van der Waals surface area contributed by atoms with Gasteiger partial charge < -0.3 is 10.5 Å². The highest BCUT2D eigenvalue weighted by atomic mass is 16.5. The SMILES string of the molecule is COc1ccccc1C1CC(CCN)=NN1c1ccccn1. The monoisotopic (exact) mass is 296 g/mol. The van der Waals surface area contributed by atoms with Crippen LogP contribution in [0.3, 0.4) is 0 Å². The van der Waals surface area contributed by atoms with Crippen LogP contribution in [0.4, 0.5) is 5.82 Å². The lowest BCUT2D eigenvalue weighted by Crippen LogP contribution is -2.20. The summed E-state index contributed by atoms with van der Waals surface area (Å²) in [5, 5.41) is 6.71. The van der Waals surface area contributed by atoms with Crippen LogP contribution in [-0.4, -0.2) is 24.4 Å². The fourth-order valence-electron chi connectivity index (χ4n) is 2.77. The number of ether oxygens (including phenoxy) is 1. The van der Waals surface area contributed by atoms with E-state index >= 15 is 0 Å². The number of hydrazone groups is 1. The molecule has 3 rings (SSSR count). The Bertz CT molecular complexity index is 657. The van der Waals surface area contributed by atoms with Crippen molar-refractivity contribution in [2.75, 3.05) is 18.7 Å². The molecule has 0 radical (unpaired) electrons. The summed E-state index contributed by atoms with van der Waals surface area (Å²) in [6.07, 6.45) is 3.42. The number of anilines is 1. The van der Waals surface area contributed by atoms with Crippen molar-refractivity contribution in [3.63, 3.8) is 0 Å². The van der Waals surface area contributed by atoms with Gasteiger partial charge in [-0.2, -0.15) is 5.10 Å². The van der Waals surface area contributed by atoms with Gasteiger partial charge in [-0.25, -0.2) is 9.99 Å². The molecule has 0 amide bonds. The topological polar surface area (TPSA) is 63.7 Å². The van der Waals surface area contributed by atoms with Gasteiger partial charge in [-0.1, -0.05) is 24.3 Å². The summed E-state index contributed by atoms with van der Waals surface area (Å²) in [6.45, 7) is 0.605. The van der Waals surface area contributed by atoms with Crippen LogP contribution >= 0.6 is 0 Å². The Morgan fingerprint density at radius 1 is 1.23 bits per heavy atom. The molecule has 0 saturated carbocycles. The van der Waals surface area contributed by atoms with E-state index < -0.39 is 0 Å². The van der Waals surface area contributed by atoms with Gasteiger partial charge >= 0.3 is 0 Å². The van der Waals surface area contributed by atoms with Crippen LogP contribution in [-0.2, 0) is 0 Å². The first-order valence-electron chi connectivity index (χ1n) is 7.43. The summed E-state index contributed by atoms with van der Waals surface area (Å²) < 4.78 is 5.51. The standard InChI is InChI=1S/C17H20N4O/c1-22-16-7-3-2-6-14(16)15-12-13(9-10-18)20-21(15)17-8-4-5-11-19-17/h2-8,11,15H,9-10,12,18H2,1H3. The predicted molar refractivity (Wildman–Crippen MR) is 88.2 cm³/mol. The van der Waals surface area contributed by atoms with Crippen LogP contribution in [0.15, 0.2) is 53.8 Å². The second-order valence-electron chi connectivity index (χ2n) is 5.20. The maximum Gasteiger partial charge on any atom is 0.149 e. The highest BCUT2D eigenvalue weighted by molar-refractivity contribution is 5.89. The number of aromatic nitrogens is 1. The molecule has 1 aliphatic rings. The Hall–Kier alpha value is -2.40. The van der Waals surface area contributed by atoms with E-state index in [0.717, 1.165) is 35.7 Å². The minimum Gasteiger partial charge on any atom is -0.496 e. The minimum absolute atomic E-state index is 0.0904. The molecule has 1 aromatic carbocycles. The summed E-state index contributed by atoms with van der Waals surface area (Å²) in [7, 11) is 1.69. The highest BCUT2D eigenvalue weighted by Crippen LogP contribution is 2.38. The first-order chi connectivity index (χ1) is 10.8. The molecule has 1 atom stereocenters. The molecule has 5 nitrogen and oxygen atoms in total. The fraction of sp³-hybridized carbons (Fsp3) is 0.294. The quantitative estimate of drug-likeness (QED) is 0.921. The van der Waals surface area contributed by atoms with E-state index in [-0.39, 0.29) is 6.04 Å². The van der Waals surface area contributed by atoms with Crippen molar-refractivity contribution in [2.45, 2.75) is 18.9 Å². The van der Waals surface area contributed by atoms with E-state index in [4.69, 9.17) is 15.6 Å². The number of hydrogen-bond acceptors (Lipinski definition) is 5. The maximum atomic E-state index is 5.69. The van der Waals surface area contributed by atoms with Gasteiger partial charge in [0.1, 0.15) is 11.6 Å². The molecule has 22 heavy (non-hydrogen) atoms. The third kappa shape index (κ3) is 2.80. The molecule has 0 fully saturated rings. The van der Waals surface area contributed by atoms with E-state index in [1.165, 1.54) is 0 Å². The molecule has 1 aromatic heterocycles. The average Bonchev–Trinajstić information content (AvgIpc) is 3.00. The average molecular weight is 296 g/mol. The van der Waals surface area contributed by atoms with E-state index in [1.807, 2.05) is 41.4 Å². The molecule has 5 heteroatoms. The Morgan fingerprint density at radius 2 is 2.05 bits per heavy atom. The maximum absolute atomic E-state index is 5.69. The summed E-state index contributed by atoms with van der Waals surface area (Å²) >= 11 is 0. The molecular formula is C17H20N4O. The smallest absolute Gasteiger partial charge is 0.149 e. The molecule has 2 N–H and O–H groups in total. The summed E-state index contributed by atoms with van der Waals surface area (Å²) in [5.74, 6) is 1.71. The molecular weight excluding hydrogens is 276 g/mol. The largest absolute Gasteiger partial charge is 0.496 e. The van der Waals surface area contributed by atoms with E-state index in [9.17, 15) is 0 Å². The number of benzene rings is 1. The Kier molecular flexibility index (Phi) is 4.34. The van der Waals surface area contributed by atoms with Gasteiger partial charge in [0.25, 0.3) is 0 Å². The van der Waals surface area contributed by atoms with Gasteiger partial charge in [0, 0.05) is 23.9 Å². The number of rotatable bonds is 5. The van der Waals surface area contributed by atoms with Crippen molar-refractivity contribution >= 4 is 11.5 Å². The molecule has 1 aliphatic heterocycles. The minimum atomic E-state index is 0.0904. The van der Waals surface area contributed by atoms with Gasteiger partial charge in [0.2, 0.25) is 0 Å². The van der Waals surface area contributed by atoms with Gasteiger partial charge in [-0.3, -0.25) is 0 Å². The molecule has 2 heterocycles. The molecule has 2 aromatic rings. The number of nitrogens with zero attached hydrogens (tertiary/aromatic N) is 3. The molecule has 0 bridgehead atoms.